The minimum absolute atomic E-state index is 0.0298. The Balaban J connectivity index is 0.000000707. The monoisotopic (exact) mass is 418 g/mol. The summed E-state index contributed by atoms with van der Waals surface area (Å²) in [5.74, 6) is -0.143. The summed E-state index contributed by atoms with van der Waals surface area (Å²) in [5.41, 5.74) is -1.00. The molecule has 1 aliphatic carbocycles. The molecule has 3 aliphatic rings. The number of alkyl halides is 4. The first-order valence-electron chi connectivity index (χ1n) is 8.79. The van der Waals surface area contributed by atoms with Crippen molar-refractivity contribution >= 4 is 17.7 Å². The van der Waals surface area contributed by atoms with Crippen LogP contribution >= 0.6 is 0 Å². The predicted octanol–water partition coefficient (Wildman–Crippen LogP) is 1.67. The van der Waals surface area contributed by atoms with Crippen molar-refractivity contribution in [2.45, 2.75) is 18.7 Å². The Hall–Kier alpha value is -2.61. The molecule has 0 aromatic carbocycles. The second kappa shape index (κ2) is 8.82. The summed E-state index contributed by atoms with van der Waals surface area (Å²) < 4.78 is 48.9. The molecule has 7 nitrogen and oxygen atoms in total. The average Bonchev–Trinajstić information content (AvgIpc) is 3.09. The summed E-state index contributed by atoms with van der Waals surface area (Å²) in [5, 5.41) is 18.2. The number of anilines is 2. The number of hydrogen-bond donors (Lipinski definition) is 2. The maximum absolute atomic E-state index is 13.1. The molecule has 11 heteroatoms. The number of aliphatic carboxylic acids is 1. The molecule has 29 heavy (non-hydrogen) atoms. The first-order valence-corrected chi connectivity index (χ1v) is 8.79. The second-order valence-corrected chi connectivity index (χ2v) is 6.96. The van der Waals surface area contributed by atoms with Gasteiger partial charge in [0.1, 0.15) is 5.82 Å². The number of aliphatic hydroxyl groups is 1. The number of nitrogens with zero attached hydrogens (tertiary/aromatic N) is 4. The lowest BCUT2D eigenvalue weighted by Crippen LogP contribution is -2.51. The fourth-order valence-corrected chi connectivity index (χ4v) is 3.83. The van der Waals surface area contributed by atoms with Crippen LogP contribution in [0.4, 0.5) is 29.3 Å². The quantitative estimate of drug-likeness (QED) is 0.568. The van der Waals surface area contributed by atoms with E-state index in [9.17, 15) is 27.5 Å². The maximum Gasteiger partial charge on any atom is 0.433 e. The Kier molecular flexibility index (Phi) is 6.89. The minimum atomic E-state index is -4.58. The number of terminal acetylenes is 1. The second-order valence-electron chi connectivity index (χ2n) is 6.96. The molecule has 1 saturated carbocycles. The molecule has 0 bridgehead atoms. The van der Waals surface area contributed by atoms with Gasteiger partial charge in [0.05, 0.1) is 13.3 Å². The van der Waals surface area contributed by atoms with E-state index in [-0.39, 0.29) is 49.0 Å². The molecule has 2 N–H and O–H groups in total. The molecule has 3 heterocycles. The molecule has 0 amide bonds. The first-order chi connectivity index (χ1) is 13.7. The van der Waals surface area contributed by atoms with Crippen LogP contribution in [0.3, 0.4) is 0 Å². The van der Waals surface area contributed by atoms with Crippen LogP contribution in [0, 0.1) is 30.6 Å². The van der Waals surface area contributed by atoms with E-state index in [1.54, 1.807) is 4.90 Å². The van der Waals surface area contributed by atoms with Gasteiger partial charge >= 0.3 is 12.1 Å². The summed E-state index contributed by atoms with van der Waals surface area (Å²) in [4.78, 5) is 21.9. The number of carbonyl (C=O) groups is 1. The van der Waals surface area contributed by atoms with Crippen LogP contribution in [-0.4, -0.2) is 65.6 Å². The van der Waals surface area contributed by atoms with E-state index in [4.69, 9.17) is 5.11 Å². The summed E-state index contributed by atoms with van der Waals surface area (Å²) in [6.45, 7) is 1.46. The smallest absolute Gasteiger partial charge is 0.433 e. The Morgan fingerprint density at radius 2 is 1.69 bits per heavy atom. The highest BCUT2D eigenvalue weighted by atomic mass is 19.4. The van der Waals surface area contributed by atoms with E-state index in [1.807, 2.05) is 0 Å². The van der Waals surface area contributed by atoms with Gasteiger partial charge in [0.15, 0.2) is 5.69 Å². The third kappa shape index (κ3) is 4.87. The van der Waals surface area contributed by atoms with E-state index >= 15 is 0 Å². The van der Waals surface area contributed by atoms with Crippen LogP contribution in [0.1, 0.15) is 12.1 Å². The SMILES string of the molecule is C#C.CF.O=C(O)CC1C2CN(c3cc(C(F)(F)F)nc(N4CC(O)C4)n3)C[C@@H]12. The van der Waals surface area contributed by atoms with Gasteiger partial charge in [0, 0.05) is 38.7 Å². The Morgan fingerprint density at radius 3 is 2.14 bits per heavy atom. The fourth-order valence-electron chi connectivity index (χ4n) is 3.83. The van der Waals surface area contributed by atoms with Crippen molar-refractivity contribution in [3.8, 4) is 12.8 Å². The van der Waals surface area contributed by atoms with Crippen LogP contribution in [0.5, 0.6) is 0 Å². The molecule has 2 saturated heterocycles. The molecule has 160 valence electrons. The molecule has 2 aliphatic heterocycles. The Morgan fingerprint density at radius 1 is 1.14 bits per heavy atom. The van der Waals surface area contributed by atoms with Crippen molar-refractivity contribution in [1.29, 1.82) is 0 Å². The van der Waals surface area contributed by atoms with Gasteiger partial charge in [-0.25, -0.2) is 4.98 Å². The molecule has 1 aromatic rings. The normalized spacial score (nSPS) is 25.0. The van der Waals surface area contributed by atoms with Crippen LogP contribution in [0.25, 0.3) is 0 Å². The number of aliphatic hydroxyl groups excluding tert-OH is 1. The molecule has 1 aromatic heterocycles. The number of β-amino-alcohol motifs (C(OH)–C–C–N with tert-alkyl or cyclic N) is 1. The lowest BCUT2D eigenvalue weighted by atomic mass is 10.2. The van der Waals surface area contributed by atoms with Crippen LogP contribution in [0.2, 0.25) is 0 Å². The fraction of sp³-hybridized carbons (Fsp3) is 0.611. The van der Waals surface area contributed by atoms with Crippen LogP contribution in [0.15, 0.2) is 6.07 Å². The number of rotatable bonds is 4. The van der Waals surface area contributed by atoms with E-state index < -0.39 is 23.9 Å². The molecule has 2 unspecified atom stereocenters. The van der Waals surface area contributed by atoms with Crippen molar-refractivity contribution in [2.75, 3.05) is 43.2 Å². The highest BCUT2D eigenvalue weighted by Gasteiger charge is 2.56. The zero-order chi connectivity index (χ0) is 21.9. The number of hydrogen-bond acceptors (Lipinski definition) is 6. The molecule has 3 atom stereocenters. The standard InChI is InChI=1S/C15H17F3N4O3.C2H2.CH3F/c16-15(17,18)11-2-12(20-14(19-11)22-3-7(23)4-22)21-5-9-8(1-13(24)25)10(9)6-21;2*1-2/h2,7-10,23H,1,3-6H2,(H,24,25);1-2H;1H3/t8?,9-,10?;;/m0../s1. The van der Waals surface area contributed by atoms with Gasteiger partial charge < -0.3 is 20.0 Å². The Labute approximate surface area is 165 Å². The van der Waals surface area contributed by atoms with E-state index in [1.165, 1.54) is 4.90 Å². The van der Waals surface area contributed by atoms with Crippen molar-refractivity contribution in [3.63, 3.8) is 0 Å². The van der Waals surface area contributed by atoms with Gasteiger partial charge in [0.25, 0.3) is 0 Å². The largest absolute Gasteiger partial charge is 0.481 e. The summed E-state index contributed by atoms with van der Waals surface area (Å²) >= 11 is 0. The van der Waals surface area contributed by atoms with Gasteiger partial charge in [-0.15, -0.1) is 12.8 Å². The molecule has 3 fully saturated rings. The molecular formula is C18H22F4N4O3. The van der Waals surface area contributed by atoms with E-state index in [0.717, 1.165) is 6.07 Å². The lowest BCUT2D eigenvalue weighted by molar-refractivity contribution is -0.141. The van der Waals surface area contributed by atoms with Gasteiger partial charge in [-0.3, -0.25) is 9.18 Å². The lowest BCUT2D eigenvalue weighted by Gasteiger charge is -2.36. The topological polar surface area (TPSA) is 89.8 Å². The third-order valence-corrected chi connectivity index (χ3v) is 5.24. The maximum atomic E-state index is 13.1. The predicted molar refractivity (Wildman–Crippen MR) is 97.1 cm³/mol. The van der Waals surface area contributed by atoms with E-state index in [2.05, 4.69) is 22.8 Å². The summed E-state index contributed by atoms with van der Waals surface area (Å²) in [7, 11) is 0.500. The van der Waals surface area contributed by atoms with E-state index in [0.29, 0.717) is 20.3 Å². The van der Waals surface area contributed by atoms with Crippen molar-refractivity contribution in [1.82, 2.24) is 9.97 Å². The molecule has 0 spiro atoms. The van der Waals surface area contributed by atoms with Crippen LogP contribution < -0.4 is 9.80 Å². The Bertz CT molecular complexity index is 740. The number of carboxylic acid groups (broad SMARTS) is 1. The highest BCUT2D eigenvalue weighted by molar-refractivity contribution is 5.68. The van der Waals surface area contributed by atoms with Crippen molar-refractivity contribution in [2.24, 2.45) is 17.8 Å². The molecule has 4 rings (SSSR count). The minimum Gasteiger partial charge on any atom is -0.481 e. The summed E-state index contributed by atoms with van der Waals surface area (Å²) in [6.07, 6.45) is 2.96. The first kappa shape index (κ1) is 22.7. The summed E-state index contributed by atoms with van der Waals surface area (Å²) in [6, 6.07) is 0.941. The number of aromatic nitrogens is 2. The third-order valence-electron chi connectivity index (χ3n) is 5.24. The van der Waals surface area contributed by atoms with Gasteiger partial charge in [-0.1, -0.05) is 0 Å². The zero-order valence-corrected chi connectivity index (χ0v) is 15.7. The number of fused-ring (bicyclic) bond motifs is 1. The zero-order valence-electron chi connectivity index (χ0n) is 15.7. The number of piperidine rings is 1. The highest BCUT2D eigenvalue weighted by Crippen LogP contribution is 2.54. The molecule has 0 radical (unpaired) electrons. The van der Waals surface area contributed by atoms with Gasteiger partial charge in [-0.05, 0) is 17.8 Å². The number of halogens is 4. The van der Waals surface area contributed by atoms with Gasteiger partial charge in [-0.2, -0.15) is 18.2 Å². The molecular weight excluding hydrogens is 396 g/mol. The van der Waals surface area contributed by atoms with Crippen molar-refractivity contribution in [3.05, 3.63) is 11.8 Å². The average molecular weight is 418 g/mol. The number of carboxylic acids is 1. The van der Waals surface area contributed by atoms with Gasteiger partial charge in [0.2, 0.25) is 5.95 Å². The van der Waals surface area contributed by atoms with Crippen LogP contribution in [-0.2, 0) is 11.0 Å². The van der Waals surface area contributed by atoms with Crippen molar-refractivity contribution < 1.29 is 32.6 Å².